The summed E-state index contributed by atoms with van der Waals surface area (Å²) in [5.41, 5.74) is 2.51. The molecule has 0 atom stereocenters. The summed E-state index contributed by atoms with van der Waals surface area (Å²) >= 11 is 0. The molecule has 0 unspecified atom stereocenters. The van der Waals surface area contributed by atoms with Crippen LogP contribution in [0.3, 0.4) is 0 Å². The van der Waals surface area contributed by atoms with Crippen LogP contribution in [0.15, 0.2) is 60.9 Å². The van der Waals surface area contributed by atoms with Gasteiger partial charge in [-0.3, -0.25) is 4.98 Å². The van der Waals surface area contributed by atoms with E-state index in [9.17, 15) is 4.39 Å². The fourth-order valence-electron chi connectivity index (χ4n) is 2.22. The molecular formula is C19H18FN3O. The molecule has 122 valence electrons. The Balaban J connectivity index is 1.54. The lowest BCUT2D eigenvalue weighted by atomic mass is 10.2. The number of hydrogen-bond donors (Lipinski definition) is 1. The van der Waals surface area contributed by atoms with Crippen LogP contribution in [0.5, 0.6) is 5.75 Å². The molecule has 0 aliphatic carbocycles. The zero-order valence-electron chi connectivity index (χ0n) is 13.4. The third-order valence-corrected chi connectivity index (χ3v) is 3.50. The van der Waals surface area contributed by atoms with Crippen LogP contribution in [0.1, 0.15) is 16.8 Å². The van der Waals surface area contributed by atoms with E-state index in [1.807, 2.05) is 31.2 Å². The molecule has 5 heteroatoms. The number of anilines is 1. The summed E-state index contributed by atoms with van der Waals surface area (Å²) in [4.78, 5) is 8.44. The maximum atomic E-state index is 13.5. The fourth-order valence-corrected chi connectivity index (χ4v) is 2.22. The summed E-state index contributed by atoms with van der Waals surface area (Å²) in [6.07, 6.45) is 3.41. The second kappa shape index (κ2) is 7.55. The molecule has 1 N–H and O–H groups in total. The van der Waals surface area contributed by atoms with Gasteiger partial charge in [0.2, 0.25) is 0 Å². The van der Waals surface area contributed by atoms with Gasteiger partial charge in [0, 0.05) is 18.3 Å². The second-order valence-electron chi connectivity index (χ2n) is 5.42. The van der Waals surface area contributed by atoms with E-state index in [1.165, 1.54) is 6.07 Å². The normalized spacial score (nSPS) is 10.4. The van der Waals surface area contributed by atoms with Gasteiger partial charge in [0.05, 0.1) is 11.9 Å². The predicted molar refractivity (Wildman–Crippen MR) is 91.3 cm³/mol. The summed E-state index contributed by atoms with van der Waals surface area (Å²) in [5.74, 6) is 1.20. The molecule has 24 heavy (non-hydrogen) atoms. The molecule has 4 nitrogen and oxygen atoms in total. The molecule has 3 aromatic rings. The molecule has 0 radical (unpaired) electrons. The maximum absolute atomic E-state index is 13.5. The number of nitrogens with one attached hydrogen (secondary N) is 1. The summed E-state index contributed by atoms with van der Waals surface area (Å²) in [6, 6.07) is 14.3. The van der Waals surface area contributed by atoms with E-state index in [0.29, 0.717) is 17.9 Å². The van der Waals surface area contributed by atoms with Gasteiger partial charge in [0.15, 0.2) is 0 Å². The Labute approximate surface area is 140 Å². The quantitative estimate of drug-likeness (QED) is 0.741. The minimum Gasteiger partial charge on any atom is -0.489 e. The Bertz CT molecular complexity index is 806. The van der Waals surface area contributed by atoms with E-state index in [-0.39, 0.29) is 12.4 Å². The minimum absolute atomic E-state index is 0.211. The van der Waals surface area contributed by atoms with Crippen LogP contribution in [0.2, 0.25) is 0 Å². The highest BCUT2D eigenvalue weighted by atomic mass is 19.1. The van der Waals surface area contributed by atoms with Crippen molar-refractivity contribution in [3.8, 4) is 5.75 Å². The van der Waals surface area contributed by atoms with Crippen LogP contribution in [0, 0.1) is 12.7 Å². The van der Waals surface area contributed by atoms with Gasteiger partial charge in [0.1, 0.15) is 24.0 Å². The van der Waals surface area contributed by atoms with E-state index in [0.717, 1.165) is 17.1 Å². The number of ether oxygens (including phenoxy) is 1. The van der Waals surface area contributed by atoms with Crippen molar-refractivity contribution in [2.45, 2.75) is 20.1 Å². The van der Waals surface area contributed by atoms with Crippen molar-refractivity contribution in [1.29, 1.82) is 0 Å². The molecule has 0 aliphatic rings. The van der Waals surface area contributed by atoms with Crippen molar-refractivity contribution < 1.29 is 9.13 Å². The first-order chi connectivity index (χ1) is 11.7. The fraction of sp³-hybridized carbons (Fsp3) is 0.158. The standard InChI is InChI=1S/C19H18FN3O/c1-14-10-21-12-19(23-14)22-11-15-6-8-17(9-7-15)24-13-16-4-2-3-5-18(16)20/h2-10,12H,11,13H2,1H3,(H,22,23). The second-order valence-corrected chi connectivity index (χ2v) is 5.42. The minimum atomic E-state index is -0.252. The smallest absolute Gasteiger partial charge is 0.145 e. The van der Waals surface area contributed by atoms with E-state index in [2.05, 4.69) is 15.3 Å². The zero-order chi connectivity index (χ0) is 16.8. The van der Waals surface area contributed by atoms with Gasteiger partial charge in [-0.1, -0.05) is 30.3 Å². The van der Waals surface area contributed by atoms with Gasteiger partial charge in [-0.15, -0.1) is 0 Å². The van der Waals surface area contributed by atoms with Crippen molar-refractivity contribution >= 4 is 5.82 Å². The Morgan fingerprint density at radius 3 is 2.58 bits per heavy atom. The molecule has 0 spiro atoms. The summed E-state index contributed by atoms with van der Waals surface area (Å²) in [5, 5.41) is 3.22. The Kier molecular flexibility index (Phi) is 5.01. The van der Waals surface area contributed by atoms with Crippen molar-refractivity contribution in [3.63, 3.8) is 0 Å². The lowest BCUT2D eigenvalue weighted by molar-refractivity contribution is 0.300. The molecule has 1 aromatic heterocycles. The van der Waals surface area contributed by atoms with Crippen molar-refractivity contribution in [2.24, 2.45) is 0 Å². The monoisotopic (exact) mass is 323 g/mol. The van der Waals surface area contributed by atoms with Crippen LogP contribution in [0.25, 0.3) is 0 Å². The van der Waals surface area contributed by atoms with Crippen molar-refractivity contribution in [1.82, 2.24) is 9.97 Å². The van der Waals surface area contributed by atoms with Crippen LogP contribution in [0.4, 0.5) is 10.2 Å². The molecule has 2 aromatic carbocycles. The van der Waals surface area contributed by atoms with E-state index >= 15 is 0 Å². The summed E-state index contributed by atoms with van der Waals surface area (Å²) < 4.78 is 19.2. The molecular weight excluding hydrogens is 305 g/mol. The third-order valence-electron chi connectivity index (χ3n) is 3.50. The predicted octanol–water partition coefficient (Wildman–Crippen LogP) is 4.12. The highest BCUT2D eigenvalue weighted by molar-refractivity contribution is 5.35. The van der Waals surface area contributed by atoms with Crippen LogP contribution < -0.4 is 10.1 Å². The Hall–Kier alpha value is -2.95. The lowest BCUT2D eigenvalue weighted by Gasteiger charge is -2.09. The number of aryl methyl sites for hydroxylation is 1. The van der Waals surface area contributed by atoms with Gasteiger partial charge in [-0.25, -0.2) is 9.37 Å². The molecule has 1 heterocycles. The molecule has 0 fully saturated rings. The first-order valence-corrected chi connectivity index (χ1v) is 7.68. The SMILES string of the molecule is Cc1cncc(NCc2ccc(OCc3ccccc3F)cc2)n1. The maximum Gasteiger partial charge on any atom is 0.145 e. The van der Waals surface area contributed by atoms with Gasteiger partial charge >= 0.3 is 0 Å². The number of rotatable bonds is 6. The zero-order valence-corrected chi connectivity index (χ0v) is 13.4. The van der Waals surface area contributed by atoms with Crippen molar-refractivity contribution in [2.75, 3.05) is 5.32 Å². The average molecular weight is 323 g/mol. The highest BCUT2D eigenvalue weighted by Crippen LogP contribution is 2.16. The number of aromatic nitrogens is 2. The molecule has 0 amide bonds. The Morgan fingerprint density at radius 2 is 1.83 bits per heavy atom. The number of halogens is 1. The number of hydrogen-bond acceptors (Lipinski definition) is 4. The number of benzene rings is 2. The molecule has 0 saturated heterocycles. The van der Waals surface area contributed by atoms with Crippen LogP contribution >= 0.6 is 0 Å². The highest BCUT2D eigenvalue weighted by Gasteiger charge is 2.02. The van der Waals surface area contributed by atoms with Crippen LogP contribution in [-0.4, -0.2) is 9.97 Å². The molecule has 0 bridgehead atoms. The Morgan fingerprint density at radius 1 is 1.04 bits per heavy atom. The first-order valence-electron chi connectivity index (χ1n) is 7.68. The molecule has 0 saturated carbocycles. The van der Waals surface area contributed by atoms with Crippen LogP contribution in [-0.2, 0) is 13.2 Å². The van der Waals surface area contributed by atoms with Gasteiger partial charge in [-0.05, 0) is 30.7 Å². The van der Waals surface area contributed by atoms with Gasteiger partial charge in [0.25, 0.3) is 0 Å². The summed E-state index contributed by atoms with van der Waals surface area (Å²) in [6.45, 7) is 2.76. The molecule has 0 aliphatic heterocycles. The number of nitrogens with zero attached hydrogens (tertiary/aromatic N) is 2. The van der Waals surface area contributed by atoms with E-state index in [4.69, 9.17) is 4.74 Å². The third kappa shape index (κ3) is 4.29. The van der Waals surface area contributed by atoms with Gasteiger partial charge in [-0.2, -0.15) is 0 Å². The van der Waals surface area contributed by atoms with Gasteiger partial charge < -0.3 is 10.1 Å². The topological polar surface area (TPSA) is 47.0 Å². The molecule has 3 rings (SSSR count). The summed E-state index contributed by atoms with van der Waals surface area (Å²) in [7, 11) is 0. The largest absolute Gasteiger partial charge is 0.489 e. The van der Waals surface area contributed by atoms with E-state index in [1.54, 1.807) is 30.6 Å². The first kappa shape index (κ1) is 15.9. The van der Waals surface area contributed by atoms with E-state index < -0.39 is 0 Å². The van der Waals surface area contributed by atoms with Crippen molar-refractivity contribution in [3.05, 3.63) is 83.6 Å². The lowest BCUT2D eigenvalue weighted by Crippen LogP contribution is -2.03. The average Bonchev–Trinajstić information content (AvgIpc) is 2.60.